The van der Waals surface area contributed by atoms with E-state index < -0.39 is 0 Å². The Morgan fingerprint density at radius 1 is 1.22 bits per heavy atom. The summed E-state index contributed by atoms with van der Waals surface area (Å²) in [6.45, 7) is 1.75. The maximum Gasteiger partial charge on any atom is 0.261 e. The highest BCUT2D eigenvalue weighted by molar-refractivity contribution is 7.13. The number of nitrogens with one attached hydrogen (secondary N) is 2. The van der Waals surface area contributed by atoms with Crippen LogP contribution in [0.3, 0.4) is 0 Å². The smallest absolute Gasteiger partial charge is 0.261 e. The molecule has 0 aliphatic heterocycles. The van der Waals surface area contributed by atoms with Gasteiger partial charge in [-0.15, -0.1) is 11.3 Å². The lowest BCUT2D eigenvalue weighted by atomic mass is 10.1. The number of benzene rings is 2. The Hall–Kier alpha value is -2.93. The molecule has 2 N–H and O–H groups in total. The summed E-state index contributed by atoms with van der Waals surface area (Å²) in [6.07, 6.45) is 2.03. The maximum atomic E-state index is 12.8. The van der Waals surface area contributed by atoms with E-state index in [0.717, 1.165) is 29.3 Å². The van der Waals surface area contributed by atoms with Crippen molar-refractivity contribution in [1.29, 1.82) is 0 Å². The average Bonchev–Trinajstić information content (AvgIpc) is 3.38. The number of ether oxygens (including phenoxy) is 1. The molecule has 0 unspecified atom stereocenters. The summed E-state index contributed by atoms with van der Waals surface area (Å²) in [7, 11) is 0. The Bertz CT molecular complexity index is 1010. The Labute approximate surface area is 160 Å². The molecular formula is C20H19N3O3S. The quantitative estimate of drug-likeness (QED) is 0.685. The first kappa shape index (κ1) is 17.5. The normalized spacial score (nSPS) is 13.4. The molecule has 1 aromatic heterocycles. The molecule has 4 rings (SSSR count). The molecular weight excluding hydrogens is 362 g/mol. The molecule has 7 heteroatoms. The van der Waals surface area contributed by atoms with Crippen molar-refractivity contribution in [3.63, 3.8) is 0 Å². The topological polar surface area (TPSA) is 80.3 Å². The fourth-order valence-electron chi connectivity index (χ4n) is 2.73. The van der Waals surface area contributed by atoms with Gasteiger partial charge in [-0.05, 0) is 42.7 Å². The lowest BCUT2D eigenvalue weighted by molar-refractivity contribution is -0.123. The number of aromatic nitrogens is 1. The first-order valence-electron chi connectivity index (χ1n) is 8.77. The summed E-state index contributed by atoms with van der Waals surface area (Å²) in [5, 5.41) is 9.95. The van der Waals surface area contributed by atoms with Crippen LogP contribution in [0.4, 0.5) is 5.13 Å². The molecule has 1 saturated carbocycles. The van der Waals surface area contributed by atoms with Crippen LogP contribution in [0.1, 0.15) is 28.9 Å². The van der Waals surface area contributed by atoms with Crippen molar-refractivity contribution in [2.45, 2.75) is 25.8 Å². The zero-order valence-corrected chi connectivity index (χ0v) is 15.6. The SMILES string of the molecule is Cc1csc(NC(=O)c2cc3ccccc3cc2OCC(=O)NC2CC2)n1. The summed E-state index contributed by atoms with van der Waals surface area (Å²) in [5.74, 6) is -0.106. The molecule has 1 aliphatic carbocycles. The van der Waals surface area contributed by atoms with Gasteiger partial charge in [0.15, 0.2) is 11.7 Å². The summed E-state index contributed by atoms with van der Waals surface area (Å²) >= 11 is 1.37. The molecule has 6 nitrogen and oxygen atoms in total. The number of hydrogen-bond acceptors (Lipinski definition) is 5. The molecule has 1 heterocycles. The first-order valence-corrected chi connectivity index (χ1v) is 9.65. The van der Waals surface area contributed by atoms with E-state index in [1.807, 2.05) is 36.6 Å². The highest BCUT2D eigenvalue weighted by Gasteiger charge is 2.24. The number of carbonyl (C=O) groups is 2. The number of fused-ring (bicyclic) bond motifs is 1. The van der Waals surface area contributed by atoms with Gasteiger partial charge in [-0.2, -0.15) is 0 Å². The molecule has 138 valence electrons. The van der Waals surface area contributed by atoms with Crippen molar-refractivity contribution in [3.8, 4) is 5.75 Å². The van der Waals surface area contributed by atoms with E-state index >= 15 is 0 Å². The summed E-state index contributed by atoms with van der Waals surface area (Å²) in [5.41, 5.74) is 1.22. The van der Waals surface area contributed by atoms with Crippen molar-refractivity contribution >= 4 is 39.1 Å². The van der Waals surface area contributed by atoms with Crippen molar-refractivity contribution in [2.24, 2.45) is 0 Å². The molecule has 1 fully saturated rings. The number of aryl methyl sites for hydroxylation is 1. The van der Waals surface area contributed by atoms with Crippen LogP contribution in [-0.2, 0) is 4.79 Å². The van der Waals surface area contributed by atoms with Crippen LogP contribution >= 0.6 is 11.3 Å². The number of thiazole rings is 1. The first-order chi connectivity index (χ1) is 13.1. The van der Waals surface area contributed by atoms with Crippen molar-refractivity contribution < 1.29 is 14.3 Å². The standard InChI is InChI=1S/C20H19N3O3S/c1-12-11-27-20(21-12)23-19(25)16-8-13-4-2-3-5-14(13)9-17(16)26-10-18(24)22-15-6-7-15/h2-5,8-9,11,15H,6-7,10H2,1H3,(H,22,24)(H,21,23,25). The Kier molecular flexibility index (Phi) is 4.77. The molecule has 2 amide bonds. The van der Waals surface area contributed by atoms with Gasteiger partial charge < -0.3 is 10.1 Å². The monoisotopic (exact) mass is 381 g/mol. The summed E-state index contributed by atoms with van der Waals surface area (Å²) in [6, 6.07) is 11.6. The van der Waals surface area contributed by atoms with Gasteiger partial charge in [0.1, 0.15) is 5.75 Å². The summed E-state index contributed by atoms with van der Waals surface area (Å²) < 4.78 is 5.71. The van der Waals surface area contributed by atoms with Crippen LogP contribution < -0.4 is 15.4 Å². The van der Waals surface area contributed by atoms with Gasteiger partial charge in [-0.1, -0.05) is 24.3 Å². The lowest BCUT2D eigenvalue weighted by Crippen LogP contribution is -2.30. The van der Waals surface area contributed by atoms with Crippen molar-refractivity contribution in [2.75, 3.05) is 11.9 Å². The van der Waals surface area contributed by atoms with E-state index in [4.69, 9.17) is 4.74 Å². The predicted octanol–water partition coefficient (Wildman–Crippen LogP) is 3.51. The van der Waals surface area contributed by atoms with E-state index in [9.17, 15) is 9.59 Å². The van der Waals surface area contributed by atoms with E-state index in [2.05, 4.69) is 15.6 Å². The van der Waals surface area contributed by atoms with Gasteiger partial charge in [0, 0.05) is 11.4 Å². The Balaban J connectivity index is 1.59. The van der Waals surface area contributed by atoms with Crippen LogP contribution in [0.25, 0.3) is 10.8 Å². The van der Waals surface area contributed by atoms with E-state index in [0.29, 0.717) is 16.4 Å². The minimum Gasteiger partial charge on any atom is -0.483 e. The Morgan fingerprint density at radius 2 is 1.96 bits per heavy atom. The largest absolute Gasteiger partial charge is 0.483 e. The second-order valence-electron chi connectivity index (χ2n) is 6.57. The number of hydrogen-bond donors (Lipinski definition) is 2. The zero-order valence-electron chi connectivity index (χ0n) is 14.8. The van der Waals surface area contributed by atoms with Gasteiger partial charge in [-0.25, -0.2) is 4.98 Å². The van der Waals surface area contributed by atoms with E-state index in [1.54, 1.807) is 12.1 Å². The highest BCUT2D eigenvalue weighted by Crippen LogP contribution is 2.28. The van der Waals surface area contributed by atoms with Gasteiger partial charge >= 0.3 is 0 Å². The third kappa shape index (κ3) is 4.25. The van der Waals surface area contributed by atoms with Gasteiger partial charge in [0.2, 0.25) is 0 Å². The molecule has 2 aromatic carbocycles. The van der Waals surface area contributed by atoms with Crippen LogP contribution in [0.15, 0.2) is 41.8 Å². The fourth-order valence-corrected chi connectivity index (χ4v) is 3.42. The number of anilines is 1. The van der Waals surface area contributed by atoms with Gasteiger partial charge in [-0.3, -0.25) is 14.9 Å². The molecule has 0 spiro atoms. The van der Waals surface area contributed by atoms with Crippen LogP contribution in [-0.4, -0.2) is 29.4 Å². The van der Waals surface area contributed by atoms with Gasteiger partial charge in [0.05, 0.1) is 11.3 Å². The van der Waals surface area contributed by atoms with Gasteiger partial charge in [0.25, 0.3) is 11.8 Å². The third-order valence-corrected chi connectivity index (χ3v) is 5.11. The van der Waals surface area contributed by atoms with Crippen LogP contribution in [0.2, 0.25) is 0 Å². The molecule has 3 aromatic rings. The second kappa shape index (κ2) is 7.36. The van der Waals surface area contributed by atoms with Crippen LogP contribution in [0.5, 0.6) is 5.75 Å². The molecule has 0 atom stereocenters. The van der Waals surface area contributed by atoms with Crippen molar-refractivity contribution in [1.82, 2.24) is 10.3 Å². The number of nitrogens with zero attached hydrogens (tertiary/aromatic N) is 1. The molecule has 1 aliphatic rings. The fraction of sp³-hybridized carbons (Fsp3) is 0.250. The minimum atomic E-state index is -0.312. The summed E-state index contributed by atoms with van der Waals surface area (Å²) in [4.78, 5) is 29.0. The van der Waals surface area contributed by atoms with E-state index in [1.165, 1.54) is 11.3 Å². The molecule has 0 radical (unpaired) electrons. The molecule has 0 saturated heterocycles. The van der Waals surface area contributed by atoms with Crippen molar-refractivity contribution in [3.05, 3.63) is 53.0 Å². The van der Waals surface area contributed by atoms with E-state index in [-0.39, 0.29) is 24.5 Å². The lowest BCUT2D eigenvalue weighted by Gasteiger charge is -2.13. The zero-order chi connectivity index (χ0) is 18.8. The number of rotatable bonds is 6. The number of amides is 2. The minimum absolute atomic E-state index is 0.120. The van der Waals surface area contributed by atoms with Crippen LogP contribution in [0, 0.1) is 6.92 Å². The maximum absolute atomic E-state index is 12.8. The Morgan fingerprint density at radius 3 is 2.63 bits per heavy atom. The second-order valence-corrected chi connectivity index (χ2v) is 7.43. The number of carbonyl (C=O) groups excluding carboxylic acids is 2. The third-order valence-electron chi connectivity index (χ3n) is 4.23. The molecule has 27 heavy (non-hydrogen) atoms. The molecule has 0 bridgehead atoms. The predicted molar refractivity (Wildman–Crippen MR) is 105 cm³/mol. The average molecular weight is 381 g/mol. The highest BCUT2D eigenvalue weighted by atomic mass is 32.1.